The van der Waals surface area contributed by atoms with Gasteiger partial charge in [-0.2, -0.15) is 0 Å². The molecule has 0 saturated carbocycles. The minimum Gasteiger partial charge on any atom is -0.481 e. The topological polar surface area (TPSA) is 119 Å². The molecule has 9 heteroatoms. The monoisotopic (exact) mass is 598 g/mol. The highest BCUT2D eigenvalue weighted by Crippen LogP contribution is 2.30. The number of nitrogens with one attached hydrogen (secondary N) is 2. The fourth-order valence-electron chi connectivity index (χ4n) is 5.26. The van der Waals surface area contributed by atoms with Crippen molar-refractivity contribution in [1.82, 2.24) is 10.2 Å². The van der Waals surface area contributed by atoms with E-state index in [2.05, 4.69) is 15.5 Å². The molecule has 3 amide bonds. The number of anilines is 2. The van der Waals surface area contributed by atoms with Crippen LogP contribution in [-0.4, -0.2) is 59.9 Å². The molecule has 0 aromatic heterocycles. The van der Waals surface area contributed by atoms with Gasteiger partial charge < -0.3 is 25.5 Å². The van der Waals surface area contributed by atoms with Crippen molar-refractivity contribution in [2.24, 2.45) is 5.41 Å². The van der Waals surface area contributed by atoms with Crippen molar-refractivity contribution in [3.05, 3.63) is 95.1 Å². The van der Waals surface area contributed by atoms with Gasteiger partial charge in [-0.1, -0.05) is 80.9 Å². The Labute approximate surface area is 259 Å². The van der Waals surface area contributed by atoms with Gasteiger partial charge in [0.1, 0.15) is 0 Å². The number of aliphatic carboxylic acids is 1. The highest BCUT2D eigenvalue weighted by atomic mass is 16.4. The summed E-state index contributed by atoms with van der Waals surface area (Å²) in [6.07, 6.45) is 0.370. The fraction of sp³-hybridized carbons (Fsp3) is 0.371. The molecule has 0 bridgehead atoms. The van der Waals surface area contributed by atoms with Gasteiger partial charge in [0.15, 0.2) is 0 Å². The summed E-state index contributed by atoms with van der Waals surface area (Å²) < 4.78 is 0. The zero-order chi connectivity index (χ0) is 31.9. The third-order valence-corrected chi connectivity index (χ3v) is 7.56. The number of hydrogen-bond donors (Lipinski definition) is 3. The van der Waals surface area contributed by atoms with Gasteiger partial charge in [0.25, 0.3) is 5.91 Å². The molecule has 0 radical (unpaired) electrons. The van der Waals surface area contributed by atoms with Crippen molar-refractivity contribution in [3.63, 3.8) is 0 Å². The van der Waals surface area contributed by atoms with Crippen LogP contribution in [0.2, 0.25) is 0 Å². The zero-order valence-corrected chi connectivity index (χ0v) is 25.9. The second-order valence-corrected chi connectivity index (χ2v) is 12.6. The number of amides is 3. The SMILES string of the molecule is Cc1ccc(C(CC(=O)O)NC(=O)c2ccc(N3CCN(C(=O)CC(C)(C)C)CC3)c(NC(=O)Cc3ccccc3)c2)cc1. The molecule has 0 aliphatic carbocycles. The lowest BCUT2D eigenvalue weighted by Crippen LogP contribution is -2.49. The lowest BCUT2D eigenvalue weighted by Gasteiger charge is -2.38. The molecule has 0 spiro atoms. The van der Waals surface area contributed by atoms with E-state index >= 15 is 0 Å². The summed E-state index contributed by atoms with van der Waals surface area (Å²) in [4.78, 5) is 55.0. The first-order valence-electron chi connectivity index (χ1n) is 15.0. The van der Waals surface area contributed by atoms with E-state index in [1.54, 1.807) is 18.2 Å². The quantitative estimate of drug-likeness (QED) is 0.295. The number of aryl methyl sites for hydroxylation is 1. The fourth-order valence-corrected chi connectivity index (χ4v) is 5.26. The summed E-state index contributed by atoms with van der Waals surface area (Å²) in [5.74, 6) is -1.57. The average molecular weight is 599 g/mol. The van der Waals surface area contributed by atoms with Crippen LogP contribution in [0.15, 0.2) is 72.8 Å². The molecule has 1 heterocycles. The first-order valence-corrected chi connectivity index (χ1v) is 15.0. The average Bonchev–Trinajstić information content (AvgIpc) is 2.96. The number of carboxylic acids is 1. The molecular weight excluding hydrogens is 556 g/mol. The van der Waals surface area contributed by atoms with E-state index in [1.807, 2.05) is 87.2 Å². The summed E-state index contributed by atoms with van der Waals surface area (Å²) in [6.45, 7) is 10.4. The number of hydrogen-bond acceptors (Lipinski definition) is 5. The van der Waals surface area contributed by atoms with Gasteiger partial charge in [-0.05, 0) is 41.7 Å². The summed E-state index contributed by atoms with van der Waals surface area (Å²) >= 11 is 0. The van der Waals surface area contributed by atoms with Crippen LogP contribution in [0.4, 0.5) is 11.4 Å². The van der Waals surface area contributed by atoms with Gasteiger partial charge in [-0.25, -0.2) is 0 Å². The van der Waals surface area contributed by atoms with E-state index < -0.39 is 17.9 Å². The lowest BCUT2D eigenvalue weighted by molar-refractivity contribution is -0.137. The molecule has 3 aromatic carbocycles. The van der Waals surface area contributed by atoms with Gasteiger partial charge in [0.05, 0.1) is 30.3 Å². The second kappa shape index (κ2) is 14.2. The van der Waals surface area contributed by atoms with Crippen LogP contribution < -0.4 is 15.5 Å². The maximum Gasteiger partial charge on any atom is 0.305 e. The number of nitrogens with zero attached hydrogens (tertiary/aromatic N) is 2. The standard InChI is InChI=1S/C35H42N4O5/c1-24-10-12-26(13-11-24)28(22-33(42)43)37-34(44)27-14-15-30(29(21-27)36-31(40)20-25-8-6-5-7-9-25)38-16-18-39(19-17-38)32(41)23-35(2,3)4/h5-15,21,28H,16-20,22-23H2,1-4H3,(H,36,40)(H,37,44)(H,42,43). The largest absolute Gasteiger partial charge is 0.481 e. The molecule has 1 saturated heterocycles. The van der Waals surface area contributed by atoms with Crippen molar-refractivity contribution >= 4 is 35.1 Å². The smallest absolute Gasteiger partial charge is 0.305 e. The number of benzene rings is 3. The maximum atomic E-state index is 13.5. The van der Waals surface area contributed by atoms with Crippen LogP contribution in [0.5, 0.6) is 0 Å². The molecular formula is C35H42N4O5. The third-order valence-electron chi connectivity index (χ3n) is 7.56. The van der Waals surface area contributed by atoms with Crippen LogP contribution in [0, 0.1) is 12.3 Å². The number of piperazine rings is 1. The molecule has 4 rings (SSSR count). The molecule has 1 aliphatic rings. The molecule has 9 nitrogen and oxygen atoms in total. The van der Waals surface area contributed by atoms with Crippen molar-refractivity contribution in [2.75, 3.05) is 36.4 Å². The lowest BCUT2D eigenvalue weighted by atomic mass is 9.91. The van der Waals surface area contributed by atoms with E-state index in [-0.39, 0.29) is 30.1 Å². The normalized spacial score (nSPS) is 14.1. The minimum absolute atomic E-state index is 0.0935. The third kappa shape index (κ3) is 9.17. The van der Waals surface area contributed by atoms with Gasteiger partial charge in [0.2, 0.25) is 11.8 Å². The van der Waals surface area contributed by atoms with E-state index in [4.69, 9.17) is 0 Å². The van der Waals surface area contributed by atoms with Gasteiger partial charge >= 0.3 is 5.97 Å². The molecule has 1 fully saturated rings. The van der Waals surface area contributed by atoms with E-state index in [0.29, 0.717) is 49.4 Å². The highest BCUT2D eigenvalue weighted by Gasteiger charge is 2.27. The predicted molar refractivity (Wildman–Crippen MR) is 172 cm³/mol. The van der Waals surface area contributed by atoms with E-state index in [0.717, 1.165) is 16.8 Å². The van der Waals surface area contributed by atoms with Crippen LogP contribution in [0.1, 0.15) is 66.7 Å². The van der Waals surface area contributed by atoms with Crippen molar-refractivity contribution in [3.8, 4) is 0 Å². The number of carboxylic acid groups (broad SMARTS) is 1. The van der Waals surface area contributed by atoms with Gasteiger partial charge in [0, 0.05) is 38.2 Å². The minimum atomic E-state index is -1.03. The molecule has 232 valence electrons. The molecule has 3 aromatic rings. The molecule has 1 unspecified atom stereocenters. The van der Waals surface area contributed by atoms with Crippen molar-refractivity contribution in [1.29, 1.82) is 0 Å². The van der Waals surface area contributed by atoms with Crippen LogP contribution in [0.25, 0.3) is 0 Å². The summed E-state index contributed by atoms with van der Waals surface area (Å²) in [5.41, 5.74) is 4.03. The van der Waals surface area contributed by atoms with E-state index in [9.17, 15) is 24.3 Å². The number of carbonyl (C=O) groups is 4. The van der Waals surface area contributed by atoms with Gasteiger partial charge in [-0.15, -0.1) is 0 Å². The Morgan fingerprint density at radius 2 is 1.55 bits per heavy atom. The second-order valence-electron chi connectivity index (χ2n) is 12.6. The van der Waals surface area contributed by atoms with Gasteiger partial charge in [-0.3, -0.25) is 19.2 Å². The van der Waals surface area contributed by atoms with Crippen LogP contribution in [0.3, 0.4) is 0 Å². The highest BCUT2D eigenvalue weighted by molar-refractivity contribution is 6.00. The first-order chi connectivity index (χ1) is 20.9. The Bertz CT molecular complexity index is 1470. The number of rotatable bonds is 10. The molecule has 1 atom stereocenters. The summed E-state index contributed by atoms with van der Waals surface area (Å²) in [7, 11) is 0. The Morgan fingerprint density at radius 3 is 2.16 bits per heavy atom. The Morgan fingerprint density at radius 1 is 0.886 bits per heavy atom. The number of carbonyl (C=O) groups excluding carboxylic acids is 3. The molecule has 1 aliphatic heterocycles. The van der Waals surface area contributed by atoms with Crippen molar-refractivity contribution < 1.29 is 24.3 Å². The van der Waals surface area contributed by atoms with E-state index in [1.165, 1.54) is 0 Å². The summed E-state index contributed by atoms with van der Waals surface area (Å²) in [6, 6.07) is 21.2. The molecule has 44 heavy (non-hydrogen) atoms. The van der Waals surface area contributed by atoms with Crippen LogP contribution in [-0.2, 0) is 20.8 Å². The Balaban J connectivity index is 1.56. The predicted octanol–water partition coefficient (Wildman–Crippen LogP) is 5.21. The first kappa shape index (κ1) is 32.3. The van der Waals surface area contributed by atoms with Crippen molar-refractivity contribution in [2.45, 2.75) is 53.0 Å². The van der Waals surface area contributed by atoms with Crippen LogP contribution >= 0.6 is 0 Å². The zero-order valence-electron chi connectivity index (χ0n) is 25.9. The Kier molecular flexibility index (Phi) is 10.4. The molecule has 3 N–H and O–H groups in total. The Hall–Kier alpha value is -4.66. The maximum absolute atomic E-state index is 13.5. The summed E-state index contributed by atoms with van der Waals surface area (Å²) in [5, 5.41) is 15.4.